The molecule has 2 aliphatic rings. The number of anilines is 2. The maximum atomic E-state index is 13.2. The molecule has 0 spiro atoms. The molecule has 2 atom stereocenters. The van der Waals surface area contributed by atoms with Crippen molar-refractivity contribution in [1.82, 2.24) is 19.9 Å². The minimum atomic E-state index is -0.340. The molecule has 5 rings (SSSR count). The zero-order valence-electron chi connectivity index (χ0n) is 18.0. The first kappa shape index (κ1) is 20.6. The second-order valence-electron chi connectivity index (χ2n) is 8.27. The van der Waals surface area contributed by atoms with E-state index in [-0.39, 0.29) is 18.1 Å². The fraction of sp³-hybridized carbons (Fsp3) is 0.360. The van der Waals surface area contributed by atoms with Gasteiger partial charge in [-0.15, -0.1) is 0 Å². The quantitative estimate of drug-likeness (QED) is 0.643. The van der Waals surface area contributed by atoms with Gasteiger partial charge >= 0.3 is 0 Å². The molecule has 1 N–H and O–H groups in total. The Morgan fingerprint density at radius 2 is 1.94 bits per heavy atom. The molecule has 0 radical (unpaired) electrons. The summed E-state index contributed by atoms with van der Waals surface area (Å²) in [6.07, 6.45) is 7.84. The molecule has 2 fully saturated rings. The van der Waals surface area contributed by atoms with Gasteiger partial charge in [-0.1, -0.05) is 18.2 Å². The van der Waals surface area contributed by atoms with Crippen LogP contribution in [0.1, 0.15) is 44.0 Å². The van der Waals surface area contributed by atoms with Crippen molar-refractivity contribution in [3.63, 3.8) is 0 Å². The highest BCUT2D eigenvalue weighted by Gasteiger charge is 2.36. The summed E-state index contributed by atoms with van der Waals surface area (Å²) in [5.74, 6) is 1.43. The summed E-state index contributed by atoms with van der Waals surface area (Å²) >= 11 is 0. The monoisotopic (exact) mass is 429 g/mol. The largest absolute Gasteiger partial charge is 0.368 e. The molecule has 1 amide bonds. The summed E-state index contributed by atoms with van der Waals surface area (Å²) in [6.45, 7) is 1.37. The van der Waals surface area contributed by atoms with Gasteiger partial charge in [0, 0.05) is 42.9 Å². The van der Waals surface area contributed by atoms with Gasteiger partial charge in [0.15, 0.2) is 5.82 Å². The fourth-order valence-electron chi connectivity index (χ4n) is 4.43. The van der Waals surface area contributed by atoms with E-state index < -0.39 is 0 Å². The Kier molecular flexibility index (Phi) is 6.07. The van der Waals surface area contributed by atoms with Gasteiger partial charge in [-0.05, 0) is 56.4 Å². The number of aromatic nitrogens is 3. The van der Waals surface area contributed by atoms with Crippen LogP contribution in [0.4, 0.5) is 11.5 Å². The number of benzene rings is 1. The molecule has 4 heterocycles. The Morgan fingerprint density at radius 1 is 1.03 bits per heavy atom. The van der Waals surface area contributed by atoms with E-state index in [0.29, 0.717) is 24.8 Å². The van der Waals surface area contributed by atoms with Crippen LogP contribution in [0.3, 0.4) is 0 Å². The van der Waals surface area contributed by atoms with E-state index in [2.05, 4.69) is 10.3 Å². The van der Waals surface area contributed by atoms with Gasteiger partial charge in [0.2, 0.25) is 0 Å². The number of pyridine rings is 1. The summed E-state index contributed by atoms with van der Waals surface area (Å²) in [5.41, 5.74) is 2.65. The van der Waals surface area contributed by atoms with E-state index in [0.717, 1.165) is 49.0 Å². The molecule has 0 unspecified atom stereocenters. The molecule has 0 bridgehead atoms. The van der Waals surface area contributed by atoms with Crippen molar-refractivity contribution in [2.75, 3.05) is 18.5 Å². The van der Waals surface area contributed by atoms with Gasteiger partial charge in [-0.3, -0.25) is 9.78 Å². The number of carbonyl (C=O) groups excluding carboxylic acids is 1. The van der Waals surface area contributed by atoms with Crippen LogP contribution in [0.2, 0.25) is 0 Å². The average molecular weight is 430 g/mol. The number of amides is 1. The number of para-hydroxylation sites is 1. The third kappa shape index (κ3) is 4.48. The number of rotatable bonds is 5. The maximum Gasteiger partial charge on any atom is 0.252 e. The summed E-state index contributed by atoms with van der Waals surface area (Å²) in [4.78, 5) is 29.1. The van der Waals surface area contributed by atoms with Gasteiger partial charge in [-0.2, -0.15) is 0 Å². The highest BCUT2D eigenvalue weighted by atomic mass is 16.5. The van der Waals surface area contributed by atoms with Crippen LogP contribution >= 0.6 is 0 Å². The first-order valence-electron chi connectivity index (χ1n) is 11.3. The van der Waals surface area contributed by atoms with Crippen molar-refractivity contribution in [3.05, 3.63) is 66.7 Å². The van der Waals surface area contributed by atoms with Crippen LogP contribution in [0, 0.1) is 0 Å². The Balaban J connectivity index is 1.48. The van der Waals surface area contributed by atoms with E-state index in [4.69, 9.17) is 14.7 Å². The summed E-state index contributed by atoms with van der Waals surface area (Å²) < 4.78 is 5.78. The first-order chi connectivity index (χ1) is 15.8. The Hall–Kier alpha value is -3.32. The van der Waals surface area contributed by atoms with E-state index in [1.807, 2.05) is 53.4 Å². The molecular formula is C25H27N5O2. The van der Waals surface area contributed by atoms with Crippen molar-refractivity contribution < 1.29 is 9.53 Å². The third-order valence-electron chi connectivity index (χ3n) is 6.04. The molecule has 1 aromatic carbocycles. The lowest BCUT2D eigenvalue weighted by atomic mass is 10.1. The standard InChI is InChI=1S/C25H27N5O2/c31-25(22-12-4-5-15-32-22)30-14-7-11-21(30)24-28-20(18-8-6-13-26-17-18)16-23(29-24)27-19-9-2-1-3-10-19/h1-3,6,8-10,13,16-17,21-22H,4-5,7,11-12,14-15H2,(H,27,28,29)/t21-,22+/m1/s1. The van der Waals surface area contributed by atoms with Gasteiger partial charge < -0.3 is 15.0 Å². The molecule has 3 aromatic rings. The van der Waals surface area contributed by atoms with Crippen LogP contribution < -0.4 is 5.32 Å². The van der Waals surface area contributed by atoms with Crippen molar-refractivity contribution in [3.8, 4) is 11.3 Å². The molecule has 2 aliphatic heterocycles. The Bertz CT molecular complexity index is 1050. The smallest absolute Gasteiger partial charge is 0.252 e. The summed E-state index contributed by atoms with van der Waals surface area (Å²) in [7, 11) is 0. The predicted octanol–water partition coefficient (Wildman–Crippen LogP) is 4.51. The van der Waals surface area contributed by atoms with Crippen LogP contribution in [0.15, 0.2) is 60.9 Å². The zero-order chi connectivity index (χ0) is 21.8. The van der Waals surface area contributed by atoms with Gasteiger partial charge in [0.05, 0.1) is 11.7 Å². The molecule has 32 heavy (non-hydrogen) atoms. The summed E-state index contributed by atoms with van der Waals surface area (Å²) in [6, 6.07) is 15.6. The maximum absolute atomic E-state index is 13.2. The number of hydrogen-bond acceptors (Lipinski definition) is 6. The first-order valence-corrected chi connectivity index (χ1v) is 11.3. The van der Waals surface area contributed by atoms with Crippen LogP contribution in [-0.2, 0) is 9.53 Å². The normalized spacial score (nSPS) is 20.8. The third-order valence-corrected chi connectivity index (χ3v) is 6.04. The van der Waals surface area contributed by atoms with Crippen LogP contribution in [-0.4, -0.2) is 45.0 Å². The number of likely N-dealkylation sites (tertiary alicyclic amines) is 1. The number of ether oxygens (including phenoxy) is 1. The van der Waals surface area contributed by atoms with Gasteiger partial charge in [0.25, 0.3) is 5.91 Å². The van der Waals surface area contributed by atoms with Crippen molar-refractivity contribution in [2.24, 2.45) is 0 Å². The number of nitrogens with zero attached hydrogens (tertiary/aromatic N) is 4. The topological polar surface area (TPSA) is 80.2 Å². The van der Waals surface area contributed by atoms with Gasteiger partial charge in [0.1, 0.15) is 11.9 Å². The lowest BCUT2D eigenvalue weighted by Crippen LogP contribution is -2.41. The molecular weight excluding hydrogens is 402 g/mol. The number of carbonyl (C=O) groups is 1. The molecule has 2 saturated heterocycles. The lowest BCUT2D eigenvalue weighted by molar-refractivity contribution is -0.147. The SMILES string of the molecule is O=C([C@@H]1CCCCO1)N1CCC[C@@H]1c1nc(Nc2ccccc2)cc(-c2cccnc2)n1. The molecule has 0 saturated carbocycles. The number of hydrogen-bond donors (Lipinski definition) is 1. The number of nitrogens with one attached hydrogen (secondary N) is 1. The molecule has 0 aliphatic carbocycles. The molecule has 2 aromatic heterocycles. The zero-order valence-corrected chi connectivity index (χ0v) is 18.0. The van der Waals surface area contributed by atoms with Crippen molar-refractivity contribution >= 4 is 17.4 Å². The highest BCUT2D eigenvalue weighted by molar-refractivity contribution is 5.81. The van der Waals surface area contributed by atoms with E-state index in [9.17, 15) is 4.79 Å². The average Bonchev–Trinajstić information content (AvgIpc) is 3.35. The van der Waals surface area contributed by atoms with Crippen molar-refractivity contribution in [2.45, 2.75) is 44.2 Å². The fourth-order valence-corrected chi connectivity index (χ4v) is 4.43. The van der Waals surface area contributed by atoms with E-state index >= 15 is 0 Å². The molecule has 7 heteroatoms. The van der Waals surface area contributed by atoms with E-state index in [1.54, 1.807) is 12.4 Å². The minimum absolute atomic E-state index is 0.0696. The van der Waals surface area contributed by atoms with Crippen molar-refractivity contribution in [1.29, 1.82) is 0 Å². The highest BCUT2D eigenvalue weighted by Crippen LogP contribution is 2.34. The van der Waals surface area contributed by atoms with Gasteiger partial charge in [-0.25, -0.2) is 9.97 Å². The summed E-state index contributed by atoms with van der Waals surface area (Å²) in [5, 5.41) is 3.39. The second-order valence-corrected chi connectivity index (χ2v) is 8.27. The minimum Gasteiger partial charge on any atom is -0.368 e. The predicted molar refractivity (Wildman–Crippen MR) is 122 cm³/mol. The Labute approximate surface area is 187 Å². The second kappa shape index (κ2) is 9.44. The van der Waals surface area contributed by atoms with E-state index in [1.165, 1.54) is 0 Å². The lowest BCUT2D eigenvalue weighted by Gasteiger charge is -2.30. The van der Waals surface area contributed by atoms with Crippen LogP contribution in [0.25, 0.3) is 11.3 Å². The van der Waals surface area contributed by atoms with Crippen LogP contribution in [0.5, 0.6) is 0 Å². The Morgan fingerprint density at radius 3 is 2.72 bits per heavy atom. The molecule has 7 nitrogen and oxygen atoms in total. The molecule has 164 valence electrons.